The zero-order valence-electron chi connectivity index (χ0n) is 13.3. The van der Waals surface area contributed by atoms with E-state index in [0.717, 1.165) is 18.2 Å². The number of aliphatic hydroxyl groups is 2. The molecule has 0 aliphatic heterocycles. The monoisotopic (exact) mass is 307 g/mol. The number of halogens is 1. The van der Waals surface area contributed by atoms with Crippen molar-refractivity contribution in [3.8, 4) is 17.0 Å². The largest absolute Gasteiger partial charge is 0.491 e. The van der Waals surface area contributed by atoms with Gasteiger partial charge in [0.15, 0.2) is 0 Å². The van der Waals surface area contributed by atoms with Crippen LogP contribution in [0.25, 0.3) is 11.3 Å². The lowest BCUT2D eigenvalue weighted by molar-refractivity contribution is 0.194. The van der Waals surface area contributed by atoms with Crippen LogP contribution >= 0.6 is 0 Å². The highest BCUT2D eigenvalue weighted by Crippen LogP contribution is 2.33. The van der Waals surface area contributed by atoms with E-state index in [2.05, 4.69) is 4.98 Å². The Hall–Kier alpha value is -1.98. The van der Waals surface area contributed by atoms with Gasteiger partial charge in [0, 0.05) is 12.7 Å². The maximum atomic E-state index is 13.0. The summed E-state index contributed by atoms with van der Waals surface area (Å²) in [5, 5.41) is 16.7. The molecule has 0 amide bonds. The number of aliphatic hydroxyl groups excluding tert-OH is 2. The van der Waals surface area contributed by atoms with Crippen molar-refractivity contribution in [1.82, 2.24) is 4.98 Å². The number of aryl methyl sites for hydroxylation is 1. The van der Waals surface area contributed by atoms with Gasteiger partial charge in [0.05, 0.1) is 18.4 Å². The van der Waals surface area contributed by atoms with Gasteiger partial charge < -0.3 is 14.9 Å². The van der Waals surface area contributed by atoms with Crippen LogP contribution in [0.15, 0.2) is 30.3 Å². The highest BCUT2D eigenvalue weighted by atomic mass is 19.1. The fourth-order valence-electron chi connectivity index (χ4n) is 2.03. The van der Waals surface area contributed by atoms with Crippen LogP contribution < -0.4 is 4.74 Å². The summed E-state index contributed by atoms with van der Waals surface area (Å²) in [7, 11) is 1.00. The fraction of sp³-hybridized carbons (Fsp3) is 0.353. The Morgan fingerprint density at radius 3 is 2.32 bits per heavy atom. The summed E-state index contributed by atoms with van der Waals surface area (Å²) >= 11 is 0. The van der Waals surface area contributed by atoms with Crippen molar-refractivity contribution in [3.05, 3.63) is 47.4 Å². The zero-order chi connectivity index (χ0) is 16.7. The Balaban J connectivity index is 0.00000116. The summed E-state index contributed by atoms with van der Waals surface area (Å²) in [5.41, 5.74) is 2.87. The number of hydrogen-bond acceptors (Lipinski definition) is 4. The standard InChI is InChI=1S/C16H18FNO2.CH4O/c1-4-20-16-10(2)9-14(11(3)19)18-15(16)12-5-7-13(17)8-6-12;1-2/h5-9,11,19H,4H2,1-3H3;2H,1H3. The zero-order valence-corrected chi connectivity index (χ0v) is 13.3. The van der Waals surface area contributed by atoms with Crippen LogP contribution in [-0.2, 0) is 0 Å². The molecule has 0 saturated heterocycles. The molecule has 120 valence electrons. The first-order valence-electron chi connectivity index (χ1n) is 7.06. The van der Waals surface area contributed by atoms with Crippen molar-refractivity contribution < 1.29 is 19.3 Å². The minimum atomic E-state index is -0.663. The van der Waals surface area contributed by atoms with Crippen molar-refractivity contribution in [1.29, 1.82) is 0 Å². The molecule has 0 spiro atoms. The number of benzene rings is 1. The highest BCUT2D eigenvalue weighted by molar-refractivity contribution is 5.68. The molecule has 2 rings (SSSR count). The third-order valence-corrected chi connectivity index (χ3v) is 3.01. The summed E-state index contributed by atoms with van der Waals surface area (Å²) in [5.74, 6) is 0.374. The smallest absolute Gasteiger partial charge is 0.148 e. The van der Waals surface area contributed by atoms with Crippen molar-refractivity contribution in [2.45, 2.75) is 26.9 Å². The topological polar surface area (TPSA) is 62.6 Å². The molecule has 0 saturated carbocycles. The van der Waals surface area contributed by atoms with Crippen LogP contribution in [0.5, 0.6) is 5.75 Å². The van der Waals surface area contributed by atoms with Crippen LogP contribution in [-0.4, -0.2) is 28.9 Å². The molecule has 22 heavy (non-hydrogen) atoms. The van der Waals surface area contributed by atoms with Gasteiger partial charge in [0.1, 0.15) is 17.3 Å². The normalized spacial score (nSPS) is 11.4. The average Bonchev–Trinajstić information content (AvgIpc) is 2.52. The predicted octanol–water partition coefficient (Wildman–Crippen LogP) is 3.26. The van der Waals surface area contributed by atoms with Gasteiger partial charge in [-0.2, -0.15) is 0 Å². The van der Waals surface area contributed by atoms with E-state index < -0.39 is 6.10 Å². The number of ether oxygens (including phenoxy) is 1. The van der Waals surface area contributed by atoms with Crippen LogP contribution in [0.3, 0.4) is 0 Å². The number of pyridine rings is 1. The van der Waals surface area contributed by atoms with E-state index in [9.17, 15) is 9.50 Å². The quantitative estimate of drug-likeness (QED) is 0.910. The third kappa shape index (κ3) is 4.26. The van der Waals surface area contributed by atoms with Gasteiger partial charge in [-0.15, -0.1) is 0 Å². The van der Waals surface area contributed by atoms with Crippen molar-refractivity contribution in [2.24, 2.45) is 0 Å². The molecular weight excluding hydrogens is 285 g/mol. The molecule has 0 aliphatic carbocycles. The van der Waals surface area contributed by atoms with E-state index in [1.165, 1.54) is 12.1 Å². The molecule has 1 unspecified atom stereocenters. The van der Waals surface area contributed by atoms with Gasteiger partial charge in [-0.05, 0) is 56.7 Å². The second kappa shape index (κ2) is 8.46. The predicted molar refractivity (Wildman–Crippen MR) is 84.3 cm³/mol. The molecule has 4 nitrogen and oxygen atoms in total. The number of nitrogens with zero attached hydrogens (tertiary/aromatic N) is 1. The highest BCUT2D eigenvalue weighted by Gasteiger charge is 2.15. The Labute approximate surface area is 130 Å². The summed E-state index contributed by atoms with van der Waals surface area (Å²) in [4.78, 5) is 4.45. The molecule has 0 radical (unpaired) electrons. The Kier molecular flexibility index (Phi) is 6.95. The van der Waals surface area contributed by atoms with Crippen molar-refractivity contribution in [3.63, 3.8) is 0 Å². The summed E-state index contributed by atoms with van der Waals surface area (Å²) in [6, 6.07) is 7.90. The van der Waals surface area contributed by atoms with Crippen LogP contribution in [0.1, 0.15) is 31.2 Å². The summed E-state index contributed by atoms with van der Waals surface area (Å²) < 4.78 is 18.7. The van der Waals surface area contributed by atoms with Gasteiger partial charge in [-0.1, -0.05) is 0 Å². The number of rotatable bonds is 4. The Morgan fingerprint density at radius 1 is 1.23 bits per heavy atom. The first-order chi connectivity index (χ1) is 10.5. The molecular formula is C17H22FNO3. The van der Waals surface area contributed by atoms with E-state index in [-0.39, 0.29) is 5.82 Å². The number of aromatic nitrogens is 1. The van der Waals surface area contributed by atoms with Gasteiger partial charge >= 0.3 is 0 Å². The lowest BCUT2D eigenvalue weighted by Crippen LogP contribution is -2.04. The van der Waals surface area contributed by atoms with Crippen LogP contribution in [0, 0.1) is 12.7 Å². The average molecular weight is 307 g/mol. The fourth-order valence-corrected chi connectivity index (χ4v) is 2.03. The molecule has 0 bridgehead atoms. The maximum absolute atomic E-state index is 13.0. The Bertz CT molecular complexity index is 598. The van der Waals surface area contributed by atoms with E-state index >= 15 is 0 Å². The third-order valence-electron chi connectivity index (χ3n) is 3.01. The molecule has 2 N–H and O–H groups in total. The van der Waals surface area contributed by atoms with Gasteiger partial charge in [0.2, 0.25) is 0 Å². The lowest BCUT2D eigenvalue weighted by atomic mass is 10.1. The van der Waals surface area contributed by atoms with E-state index in [0.29, 0.717) is 23.7 Å². The Morgan fingerprint density at radius 2 is 1.82 bits per heavy atom. The molecule has 1 atom stereocenters. The number of hydrogen-bond donors (Lipinski definition) is 2. The van der Waals surface area contributed by atoms with Gasteiger partial charge in [0.25, 0.3) is 0 Å². The van der Waals surface area contributed by atoms with E-state index in [4.69, 9.17) is 9.84 Å². The first kappa shape index (κ1) is 18.1. The molecule has 0 aliphatic rings. The first-order valence-corrected chi connectivity index (χ1v) is 7.06. The van der Waals surface area contributed by atoms with Crippen LogP contribution in [0.2, 0.25) is 0 Å². The van der Waals surface area contributed by atoms with Crippen molar-refractivity contribution in [2.75, 3.05) is 13.7 Å². The second-order valence-corrected chi connectivity index (χ2v) is 4.66. The molecule has 1 aromatic carbocycles. The van der Waals surface area contributed by atoms with Crippen LogP contribution in [0.4, 0.5) is 4.39 Å². The summed E-state index contributed by atoms with van der Waals surface area (Å²) in [6.45, 7) is 5.99. The SMILES string of the molecule is CCOc1c(C)cc(C(C)O)nc1-c1ccc(F)cc1.CO. The summed E-state index contributed by atoms with van der Waals surface area (Å²) in [6.07, 6.45) is -0.663. The lowest BCUT2D eigenvalue weighted by Gasteiger charge is -2.15. The maximum Gasteiger partial charge on any atom is 0.148 e. The molecule has 2 aromatic rings. The minimum Gasteiger partial charge on any atom is -0.491 e. The second-order valence-electron chi connectivity index (χ2n) is 4.66. The molecule has 5 heteroatoms. The molecule has 1 heterocycles. The van der Waals surface area contributed by atoms with Gasteiger partial charge in [-0.3, -0.25) is 0 Å². The molecule has 0 fully saturated rings. The van der Waals surface area contributed by atoms with Crippen molar-refractivity contribution >= 4 is 0 Å². The molecule has 1 aromatic heterocycles. The van der Waals surface area contributed by atoms with Gasteiger partial charge in [-0.25, -0.2) is 9.37 Å². The minimum absolute atomic E-state index is 0.296. The van der Waals surface area contributed by atoms with E-state index in [1.54, 1.807) is 19.1 Å². The van der Waals surface area contributed by atoms with E-state index in [1.807, 2.05) is 19.9 Å².